The van der Waals surface area contributed by atoms with Crippen molar-refractivity contribution in [3.8, 4) is 0 Å². The molecule has 0 saturated heterocycles. The highest BCUT2D eigenvalue weighted by molar-refractivity contribution is 7.80. The van der Waals surface area contributed by atoms with Crippen LogP contribution in [0.25, 0.3) is 0 Å². The van der Waals surface area contributed by atoms with Crippen molar-refractivity contribution in [1.82, 2.24) is 0 Å². The van der Waals surface area contributed by atoms with E-state index in [4.69, 9.17) is 0 Å². The largest absolute Gasteiger partial charge is 0.176 e. The number of hydrogen-bond acceptors (Lipinski definition) is 1. The topological polar surface area (TPSA) is 0 Å². The zero-order valence-corrected chi connectivity index (χ0v) is 12.7. The molecule has 0 aromatic carbocycles. The minimum Gasteiger partial charge on any atom is -0.176 e. The van der Waals surface area contributed by atoms with Crippen molar-refractivity contribution < 1.29 is 0 Å². The molecule has 1 aliphatic rings. The lowest BCUT2D eigenvalue weighted by molar-refractivity contribution is 0.0830. The molecule has 0 aliphatic heterocycles. The standard InChI is InChI=1S/C14H28BS/c1-9-7-8-13(9)11(3)14(5,15-6)10(2)12(4)16/h9-13,16H,7-8H2,1-6H3. The summed E-state index contributed by atoms with van der Waals surface area (Å²) in [6.45, 7) is 14.1. The molecule has 0 aromatic heterocycles. The molecule has 0 spiro atoms. The van der Waals surface area contributed by atoms with Gasteiger partial charge in [-0.2, -0.15) is 12.6 Å². The SMILES string of the molecule is C[B]C(C)(C(C)C(C)S)C(C)C1CCC1C. The van der Waals surface area contributed by atoms with Gasteiger partial charge < -0.3 is 0 Å². The quantitative estimate of drug-likeness (QED) is 0.528. The highest BCUT2D eigenvalue weighted by Gasteiger charge is 2.44. The predicted octanol–water partition coefficient (Wildman–Crippen LogP) is 4.55. The molecule has 16 heavy (non-hydrogen) atoms. The fourth-order valence-electron chi connectivity index (χ4n) is 3.36. The van der Waals surface area contributed by atoms with Gasteiger partial charge in [-0.05, 0) is 30.1 Å². The minimum absolute atomic E-state index is 0.334. The Labute approximate surface area is 109 Å². The van der Waals surface area contributed by atoms with Crippen LogP contribution in [0, 0.1) is 23.7 Å². The molecule has 0 aromatic rings. The van der Waals surface area contributed by atoms with Crippen molar-refractivity contribution in [3.63, 3.8) is 0 Å². The Bertz CT molecular complexity index is 229. The second kappa shape index (κ2) is 5.37. The molecule has 0 nitrogen and oxygen atoms in total. The van der Waals surface area contributed by atoms with Crippen LogP contribution in [0.5, 0.6) is 0 Å². The normalized spacial score (nSPS) is 34.4. The maximum Gasteiger partial charge on any atom is 0.114 e. The van der Waals surface area contributed by atoms with E-state index in [2.05, 4.69) is 61.4 Å². The first-order valence-electron chi connectivity index (χ1n) is 6.83. The predicted molar refractivity (Wildman–Crippen MR) is 78.6 cm³/mol. The fourth-order valence-corrected chi connectivity index (χ4v) is 3.68. The molecule has 0 heterocycles. The summed E-state index contributed by atoms with van der Waals surface area (Å²) in [5.41, 5.74) is 0. The molecular weight excluding hydrogens is 211 g/mol. The molecule has 1 saturated carbocycles. The number of thiol groups is 1. The van der Waals surface area contributed by atoms with Gasteiger partial charge in [0.2, 0.25) is 0 Å². The van der Waals surface area contributed by atoms with E-state index in [1.165, 1.54) is 12.8 Å². The Morgan fingerprint density at radius 3 is 2.06 bits per heavy atom. The lowest BCUT2D eigenvalue weighted by atomic mass is 9.41. The van der Waals surface area contributed by atoms with Crippen LogP contribution in [0.2, 0.25) is 12.1 Å². The Hall–Kier alpha value is 0.415. The first kappa shape index (κ1) is 14.5. The average molecular weight is 239 g/mol. The van der Waals surface area contributed by atoms with Crippen LogP contribution in [0.3, 0.4) is 0 Å². The molecule has 1 fully saturated rings. The van der Waals surface area contributed by atoms with E-state index in [0.29, 0.717) is 16.5 Å². The molecule has 1 aliphatic carbocycles. The maximum absolute atomic E-state index is 4.65. The van der Waals surface area contributed by atoms with Crippen LogP contribution in [0.1, 0.15) is 47.5 Å². The van der Waals surface area contributed by atoms with Gasteiger partial charge in [-0.25, -0.2) is 0 Å². The van der Waals surface area contributed by atoms with Crippen LogP contribution < -0.4 is 0 Å². The van der Waals surface area contributed by atoms with Crippen molar-refractivity contribution in [2.75, 3.05) is 0 Å². The lowest BCUT2D eigenvalue weighted by Gasteiger charge is -2.50. The fraction of sp³-hybridized carbons (Fsp3) is 1.00. The third-order valence-electron chi connectivity index (χ3n) is 5.64. The highest BCUT2D eigenvalue weighted by Crippen LogP contribution is 2.54. The van der Waals surface area contributed by atoms with Gasteiger partial charge in [-0.15, -0.1) is 0 Å². The average Bonchev–Trinajstić information content (AvgIpc) is 2.24. The van der Waals surface area contributed by atoms with Crippen molar-refractivity contribution in [2.24, 2.45) is 23.7 Å². The van der Waals surface area contributed by atoms with Crippen molar-refractivity contribution in [2.45, 2.75) is 64.8 Å². The summed E-state index contributed by atoms with van der Waals surface area (Å²) in [5, 5.41) is 0.805. The summed E-state index contributed by atoms with van der Waals surface area (Å²) >= 11 is 4.65. The van der Waals surface area contributed by atoms with E-state index in [-0.39, 0.29) is 0 Å². The second-order valence-corrected chi connectivity index (χ2v) is 7.01. The first-order chi connectivity index (χ1) is 7.34. The minimum atomic E-state index is 0.334. The molecule has 6 unspecified atom stereocenters. The molecule has 1 rings (SSSR count). The van der Waals surface area contributed by atoms with Crippen LogP contribution in [-0.2, 0) is 0 Å². The van der Waals surface area contributed by atoms with Gasteiger partial charge in [-0.1, -0.05) is 53.2 Å². The van der Waals surface area contributed by atoms with E-state index >= 15 is 0 Å². The Morgan fingerprint density at radius 1 is 1.25 bits per heavy atom. The van der Waals surface area contributed by atoms with Gasteiger partial charge in [0.1, 0.15) is 7.28 Å². The van der Waals surface area contributed by atoms with Crippen molar-refractivity contribution in [3.05, 3.63) is 0 Å². The van der Waals surface area contributed by atoms with Crippen LogP contribution >= 0.6 is 12.6 Å². The molecule has 0 N–H and O–H groups in total. The van der Waals surface area contributed by atoms with Gasteiger partial charge in [0.25, 0.3) is 0 Å². The zero-order valence-electron chi connectivity index (χ0n) is 11.8. The summed E-state index contributed by atoms with van der Waals surface area (Å²) < 4.78 is 0. The number of hydrogen-bond donors (Lipinski definition) is 1. The summed E-state index contributed by atoms with van der Waals surface area (Å²) in [7, 11) is 2.43. The Balaban J connectivity index is 2.78. The van der Waals surface area contributed by atoms with Gasteiger partial charge in [-0.3, -0.25) is 0 Å². The summed E-state index contributed by atoms with van der Waals surface area (Å²) in [5.74, 6) is 3.28. The van der Waals surface area contributed by atoms with E-state index in [9.17, 15) is 0 Å². The third kappa shape index (κ3) is 2.47. The smallest absolute Gasteiger partial charge is 0.114 e. The van der Waals surface area contributed by atoms with E-state index in [1.807, 2.05) is 0 Å². The van der Waals surface area contributed by atoms with Crippen molar-refractivity contribution >= 4 is 19.9 Å². The van der Waals surface area contributed by atoms with Crippen LogP contribution in [0.15, 0.2) is 0 Å². The molecular formula is C14H28BS. The molecule has 93 valence electrons. The van der Waals surface area contributed by atoms with Gasteiger partial charge in [0.05, 0.1) is 0 Å². The van der Waals surface area contributed by atoms with Crippen LogP contribution in [-0.4, -0.2) is 12.5 Å². The van der Waals surface area contributed by atoms with Gasteiger partial charge in [0, 0.05) is 5.25 Å². The van der Waals surface area contributed by atoms with Crippen LogP contribution in [0.4, 0.5) is 0 Å². The Morgan fingerprint density at radius 2 is 1.81 bits per heavy atom. The third-order valence-corrected chi connectivity index (χ3v) is 6.08. The number of rotatable bonds is 5. The van der Waals surface area contributed by atoms with Gasteiger partial charge in [0.15, 0.2) is 0 Å². The maximum atomic E-state index is 4.65. The molecule has 0 amide bonds. The molecule has 0 bridgehead atoms. The Kier molecular flexibility index (Phi) is 4.86. The summed E-state index contributed by atoms with van der Waals surface area (Å²) in [4.78, 5) is 0. The monoisotopic (exact) mass is 239 g/mol. The zero-order chi connectivity index (χ0) is 12.5. The highest BCUT2D eigenvalue weighted by atomic mass is 32.1. The van der Waals surface area contributed by atoms with Gasteiger partial charge >= 0.3 is 0 Å². The van der Waals surface area contributed by atoms with E-state index < -0.39 is 0 Å². The first-order valence-corrected chi connectivity index (χ1v) is 7.34. The lowest BCUT2D eigenvalue weighted by Crippen LogP contribution is -2.42. The van der Waals surface area contributed by atoms with E-state index in [0.717, 1.165) is 17.8 Å². The molecule has 2 heteroatoms. The molecule has 1 radical (unpaired) electrons. The second-order valence-electron chi connectivity index (χ2n) is 6.19. The van der Waals surface area contributed by atoms with E-state index in [1.54, 1.807) is 0 Å². The summed E-state index contributed by atoms with van der Waals surface area (Å²) in [6, 6.07) is 0. The van der Waals surface area contributed by atoms with Crippen molar-refractivity contribution in [1.29, 1.82) is 0 Å². The summed E-state index contributed by atoms with van der Waals surface area (Å²) in [6.07, 6.45) is 2.86. The molecule has 6 atom stereocenters.